The molecule has 0 bridgehead atoms. The summed E-state index contributed by atoms with van der Waals surface area (Å²) in [5.41, 5.74) is 2.33. The second-order valence-corrected chi connectivity index (χ2v) is 8.48. The number of carbonyl (C=O) groups excluding carboxylic acids is 1. The van der Waals surface area contributed by atoms with E-state index in [1.165, 1.54) is 18.4 Å². The summed E-state index contributed by atoms with van der Waals surface area (Å²) in [6.45, 7) is 4.09. The zero-order valence-electron chi connectivity index (χ0n) is 16.6. The average molecular weight is 397 g/mol. The molecule has 1 amide bonds. The van der Waals surface area contributed by atoms with Crippen LogP contribution in [0, 0.1) is 0 Å². The van der Waals surface area contributed by atoms with E-state index >= 15 is 0 Å². The summed E-state index contributed by atoms with van der Waals surface area (Å²) in [5, 5.41) is 0.893. The van der Waals surface area contributed by atoms with Gasteiger partial charge in [0, 0.05) is 42.3 Å². The molecule has 3 atom stereocenters. The lowest BCUT2D eigenvalue weighted by Gasteiger charge is -2.47. The molecule has 0 radical (unpaired) electrons. The lowest BCUT2D eigenvalue weighted by Crippen LogP contribution is -2.54. The normalized spacial score (nSPS) is 25.1. The predicted molar refractivity (Wildman–Crippen MR) is 116 cm³/mol. The lowest BCUT2D eigenvalue weighted by atomic mass is 9.82. The number of fused-ring (bicyclic) bond motifs is 1. The standard InChI is InChI=1S/C24H29ClN2O/c1-2-24(28)27(19-8-4-3-5-9-19)21-14-15-26-17-18(12-13-20(26)16-21)22-10-6-7-11-23(22)25/h3-11,18,20-21H,2,12-17H2,1H3/t18-,20+,21+/m1/s1. The zero-order chi connectivity index (χ0) is 19.5. The number of anilines is 1. The Morgan fingerprint density at radius 2 is 1.82 bits per heavy atom. The fourth-order valence-corrected chi connectivity index (χ4v) is 5.29. The van der Waals surface area contributed by atoms with Gasteiger partial charge in [-0.15, -0.1) is 0 Å². The summed E-state index contributed by atoms with van der Waals surface area (Å²) < 4.78 is 0. The number of carbonyl (C=O) groups is 1. The van der Waals surface area contributed by atoms with Crippen molar-refractivity contribution in [3.63, 3.8) is 0 Å². The Morgan fingerprint density at radius 1 is 1.07 bits per heavy atom. The van der Waals surface area contributed by atoms with E-state index in [2.05, 4.69) is 34.1 Å². The Bertz CT molecular complexity index is 809. The van der Waals surface area contributed by atoms with Crippen LogP contribution in [0.5, 0.6) is 0 Å². The SMILES string of the molecule is CCC(=O)N(c1ccccc1)[C@H]1CCN2C[C@H](c3ccccc3Cl)CC[C@H]2C1. The Labute approximate surface area is 173 Å². The molecule has 2 aliphatic heterocycles. The average Bonchev–Trinajstić information content (AvgIpc) is 2.74. The number of para-hydroxylation sites is 1. The Kier molecular flexibility index (Phi) is 6.03. The Balaban J connectivity index is 1.47. The van der Waals surface area contributed by atoms with E-state index in [9.17, 15) is 4.79 Å². The molecule has 4 heteroatoms. The minimum absolute atomic E-state index is 0.231. The molecule has 0 saturated carbocycles. The number of hydrogen-bond acceptors (Lipinski definition) is 2. The molecule has 2 aromatic rings. The number of nitrogens with zero attached hydrogens (tertiary/aromatic N) is 2. The highest BCUT2D eigenvalue weighted by atomic mass is 35.5. The molecular weight excluding hydrogens is 368 g/mol. The van der Waals surface area contributed by atoms with Crippen LogP contribution in [0.25, 0.3) is 0 Å². The van der Waals surface area contributed by atoms with Crippen LogP contribution < -0.4 is 4.90 Å². The van der Waals surface area contributed by atoms with Gasteiger partial charge in [0.1, 0.15) is 0 Å². The topological polar surface area (TPSA) is 23.6 Å². The van der Waals surface area contributed by atoms with Gasteiger partial charge in [-0.25, -0.2) is 0 Å². The van der Waals surface area contributed by atoms with Crippen molar-refractivity contribution in [2.24, 2.45) is 0 Å². The van der Waals surface area contributed by atoms with Crippen LogP contribution in [0.2, 0.25) is 5.02 Å². The highest BCUT2D eigenvalue weighted by Gasteiger charge is 2.37. The number of rotatable bonds is 4. The van der Waals surface area contributed by atoms with E-state index in [1.54, 1.807) is 0 Å². The van der Waals surface area contributed by atoms with E-state index in [0.29, 0.717) is 24.4 Å². The molecule has 2 heterocycles. The molecule has 0 N–H and O–H groups in total. The maximum Gasteiger partial charge on any atom is 0.226 e. The molecule has 4 rings (SSSR count). The maximum absolute atomic E-state index is 12.7. The Morgan fingerprint density at radius 3 is 2.57 bits per heavy atom. The first-order valence-electron chi connectivity index (χ1n) is 10.5. The van der Waals surface area contributed by atoms with Gasteiger partial charge in [-0.1, -0.05) is 54.9 Å². The van der Waals surface area contributed by atoms with Gasteiger partial charge < -0.3 is 4.90 Å². The van der Waals surface area contributed by atoms with E-state index in [4.69, 9.17) is 11.6 Å². The van der Waals surface area contributed by atoms with Crippen LogP contribution in [0.1, 0.15) is 50.5 Å². The third kappa shape index (κ3) is 3.97. The highest BCUT2D eigenvalue weighted by molar-refractivity contribution is 6.31. The second-order valence-electron chi connectivity index (χ2n) is 8.08. The van der Waals surface area contributed by atoms with Crippen LogP contribution in [-0.4, -0.2) is 36.0 Å². The van der Waals surface area contributed by atoms with Crippen LogP contribution in [0.15, 0.2) is 54.6 Å². The van der Waals surface area contributed by atoms with Crippen molar-refractivity contribution < 1.29 is 4.79 Å². The van der Waals surface area contributed by atoms with Gasteiger partial charge in [0.25, 0.3) is 0 Å². The van der Waals surface area contributed by atoms with Gasteiger partial charge >= 0.3 is 0 Å². The Hall–Kier alpha value is -1.84. The molecule has 2 saturated heterocycles. The second kappa shape index (κ2) is 8.67. The fourth-order valence-electron chi connectivity index (χ4n) is 5.00. The minimum atomic E-state index is 0.231. The smallest absolute Gasteiger partial charge is 0.226 e. The maximum atomic E-state index is 12.7. The molecule has 2 aliphatic rings. The van der Waals surface area contributed by atoms with Gasteiger partial charge in [-0.3, -0.25) is 9.69 Å². The van der Waals surface area contributed by atoms with Crippen molar-refractivity contribution in [1.29, 1.82) is 0 Å². The number of benzene rings is 2. The summed E-state index contributed by atoms with van der Waals surface area (Å²) in [5.74, 6) is 0.749. The van der Waals surface area contributed by atoms with Crippen molar-refractivity contribution in [2.75, 3.05) is 18.0 Å². The first kappa shape index (κ1) is 19.5. The molecule has 0 aliphatic carbocycles. The molecular formula is C24H29ClN2O. The molecule has 2 fully saturated rings. The predicted octanol–water partition coefficient (Wildman–Crippen LogP) is 5.49. The molecule has 28 heavy (non-hydrogen) atoms. The molecule has 3 nitrogen and oxygen atoms in total. The minimum Gasteiger partial charge on any atom is -0.309 e. The number of halogens is 1. The van der Waals surface area contributed by atoms with Gasteiger partial charge in [0.15, 0.2) is 0 Å². The van der Waals surface area contributed by atoms with E-state index in [-0.39, 0.29) is 5.91 Å². The lowest BCUT2D eigenvalue weighted by molar-refractivity contribution is -0.119. The zero-order valence-corrected chi connectivity index (χ0v) is 17.3. The largest absolute Gasteiger partial charge is 0.309 e. The van der Waals surface area contributed by atoms with Crippen LogP contribution >= 0.6 is 11.6 Å². The van der Waals surface area contributed by atoms with Gasteiger partial charge in [-0.05, 0) is 55.4 Å². The summed E-state index contributed by atoms with van der Waals surface area (Å²) in [7, 11) is 0. The van der Waals surface area contributed by atoms with Crippen molar-refractivity contribution in [2.45, 2.75) is 57.0 Å². The monoisotopic (exact) mass is 396 g/mol. The van der Waals surface area contributed by atoms with Gasteiger partial charge in [0.05, 0.1) is 0 Å². The highest BCUT2D eigenvalue weighted by Crippen LogP contribution is 2.38. The third-order valence-electron chi connectivity index (χ3n) is 6.43. The quantitative estimate of drug-likeness (QED) is 0.681. The molecule has 148 valence electrons. The van der Waals surface area contributed by atoms with E-state index < -0.39 is 0 Å². The van der Waals surface area contributed by atoms with Crippen LogP contribution in [0.3, 0.4) is 0 Å². The number of amides is 1. The molecule has 2 aromatic carbocycles. The summed E-state index contributed by atoms with van der Waals surface area (Å²) >= 11 is 6.45. The first-order valence-corrected chi connectivity index (χ1v) is 10.9. The summed E-state index contributed by atoms with van der Waals surface area (Å²) in [4.78, 5) is 17.4. The van der Waals surface area contributed by atoms with Gasteiger partial charge in [0.2, 0.25) is 5.91 Å². The van der Waals surface area contributed by atoms with Crippen LogP contribution in [0.4, 0.5) is 5.69 Å². The fraction of sp³-hybridized carbons (Fsp3) is 0.458. The molecule has 0 unspecified atom stereocenters. The summed E-state index contributed by atoms with van der Waals surface area (Å²) in [6.07, 6.45) is 5.00. The number of hydrogen-bond donors (Lipinski definition) is 0. The van der Waals surface area contributed by atoms with Crippen molar-refractivity contribution in [3.8, 4) is 0 Å². The number of piperidine rings is 2. The van der Waals surface area contributed by atoms with E-state index in [1.807, 2.05) is 37.3 Å². The van der Waals surface area contributed by atoms with Crippen molar-refractivity contribution >= 4 is 23.2 Å². The first-order chi connectivity index (χ1) is 13.7. The van der Waals surface area contributed by atoms with E-state index in [0.717, 1.165) is 36.6 Å². The molecule has 0 spiro atoms. The third-order valence-corrected chi connectivity index (χ3v) is 6.77. The van der Waals surface area contributed by atoms with Crippen molar-refractivity contribution in [3.05, 3.63) is 65.2 Å². The summed E-state index contributed by atoms with van der Waals surface area (Å²) in [6, 6.07) is 19.3. The van der Waals surface area contributed by atoms with Crippen molar-refractivity contribution in [1.82, 2.24) is 4.90 Å². The van der Waals surface area contributed by atoms with Crippen LogP contribution in [-0.2, 0) is 4.79 Å². The van der Waals surface area contributed by atoms with Gasteiger partial charge in [-0.2, -0.15) is 0 Å². The molecule has 0 aromatic heterocycles.